The third-order valence-electron chi connectivity index (χ3n) is 4.90. The van der Waals surface area contributed by atoms with E-state index in [1.807, 2.05) is 31.2 Å². The maximum absolute atomic E-state index is 5.75. The topological polar surface area (TPSA) is 42.3 Å². The minimum absolute atomic E-state index is 0.666. The Bertz CT molecular complexity index is 854. The van der Waals surface area contributed by atoms with Crippen molar-refractivity contribution in [3.8, 4) is 5.75 Å². The Morgan fingerprint density at radius 1 is 1.00 bits per heavy atom. The summed E-state index contributed by atoms with van der Waals surface area (Å²) in [6.07, 6.45) is 0. The molecule has 5 nitrogen and oxygen atoms in total. The average molecular weight is 367 g/mol. The molecule has 0 saturated heterocycles. The largest absolute Gasteiger partial charge is 0.494 e. The van der Waals surface area contributed by atoms with Crippen LogP contribution in [0.5, 0.6) is 5.75 Å². The lowest BCUT2D eigenvalue weighted by Crippen LogP contribution is -2.27. The number of fused-ring (bicyclic) bond motifs is 1. The SMILES string of the molecule is CCOc1ccccc1CNc1nc2ccccc2n1CCN(CC)CC. The fraction of sp³-hybridized carbons (Fsp3) is 0.409. The lowest BCUT2D eigenvalue weighted by molar-refractivity contribution is 0.292. The third-order valence-corrected chi connectivity index (χ3v) is 4.90. The second-order valence-electron chi connectivity index (χ2n) is 6.50. The number of hydrogen-bond acceptors (Lipinski definition) is 4. The number of nitrogens with zero attached hydrogens (tertiary/aromatic N) is 3. The normalized spacial score (nSPS) is 11.3. The predicted molar refractivity (Wildman–Crippen MR) is 112 cm³/mol. The van der Waals surface area contributed by atoms with E-state index in [1.54, 1.807) is 0 Å². The maximum atomic E-state index is 5.75. The van der Waals surface area contributed by atoms with Crippen LogP contribution in [0.15, 0.2) is 48.5 Å². The standard InChI is InChI=1S/C22H30N4O/c1-4-25(5-2)15-16-26-20-13-9-8-12-19(20)24-22(26)23-17-18-11-7-10-14-21(18)27-6-3/h7-14H,4-6,15-17H2,1-3H3,(H,23,24). The number of likely N-dealkylation sites (N-methyl/N-ethyl adjacent to an activating group) is 1. The summed E-state index contributed by atoms with van der Waals surface area (Å²) in [5.41, 5.74) is 3.34. The van der Waals surface area contributed by atoms with Gasteiger partial charge >= 0.3 is 0 Å². The second-order valence-corrected chi connectivity index (χ2v) is 6.50. The van der Waals surface area contributed by atoms with Gasteiger partial charge in [-0.2, -0.15) is 0 Å². The van der Waals surface area contributed by atoms with Crippen molar-refractivity contribution in [2.45, 2.75) is 33.9 Å². The van der Waals surface area contributed by atoms with E-state index in [2.05, 4.69) is 52.9 Å². The summed E-state index contributed by atoms with van der Waals surface area (Å²) in [6, 6.07) is 16.5. The Kier molecular flexibility index (Phi) is 6.71. The number of aromatic nitrogens is 2. The van der Waals surface area contributed by atoms with Gasteiger partial charge in [-0.25, -0.2) is 4.98 Å². The van der Waals surface area contributed by atoms with Gasteiger partial charge < -0.3 is 19.5 Å². The molecule has 1 heterocycles. The van der Waals surface area contributed by atoms with Crippen molar-refractivity contribution in [2.24, 2.45) is 0 Å². The monoisotopic (exact) mass is 366 g/mol. The highest BCUT2D eigenvalue weighted by molar-refractivity contribution is 5.78. The van der Waals surface area contributed by atoms with E-state index < -0.39 is 0 Å². The first kappa shape index (κ1) is 19.2. The highest BCUT2D eigenvalue weighted by Crippen LogP contribution is 2.23. The fourth-order valence-corrected chi connectivity index (χ4v) is 3.34. The zero-order valence-corrected chi connectivity index (χ0v) is 16.6. The van der Waals surface area contributed by atoms with E-state index in [0.29, 0.717) is 13.2 Å². The summed E-state index contributed by atoms with van der Waals surface area (Å²) in [5, 5.41) is 3.53. The van der Waals surface area contributed by atoms with E-state index in [9.17, 15) is 0 Å². The van der Waals surface area contributed by atoms with Crippen LogP contribution in [-0.2, 0) is 13.1 Å². The van der Waals surface area contributed by atoms with Gasteiger partial charge in [0.15, 0.2) is 0 Å². The molecule has 0 fully saturated rings. The summed E-state index contributed by atoms with van der Waals surface area (Å²) >= 11 is 0. The summed E-state index contributed by atoms with van der Waals surface area (Å²) in [6.45, 7) is 11.8. The van der Waals surface area contributed by atoms with Crippen molar-refractivity contribution in [1.29, 1.82) is 0 Å². The zero-order valence-electron chi connectivity index (χ0n) is 16.6. The Morgan fingerprint density at radius 2 is 1.74 bits per heavy atom. The first-order chi connectivity index (χ1) is 13.3. The lowest BCUT2D eigenvalue weighted by Gasteiger charge is -2.19. The van der Waals surface area contributed by atoms with Crippen molar-refractivity contribution in [1.82, 2.24) is 14.5 Å². The number of ether oxygens (including phenoxy) is 1. The Hall–Kier alpha value is -2.53. The summed E-state index contributed by atoms with van der Waals surface area (Å²) in [4.78, 5) is 7.26. The minimum Gasteiger partial charge on any atom is -0.494 e. The number of anilines is 1. The summed E-state index contributed by atoms with van der Waals surface area (Å²) < 4.78 is 8.04. The number of imidazole rings is 1. The van der Waals surface area contributed by atoms with Crippen LogP contribution in [0.2, 0.25) is 0 Å². The molecule has 0 saturated carbocycles. The van der Waals surface area contributed by atoms with Gasteiger partial charge in [-0.1, -0.05) is 44.2 Å². The number of benzene rings is 2. The first-order valence-corrected chi connectivity index (χ1v) is 9.89. The van der Waals surface area contributed by atoms with Crippen molar-refractivity contribution in [3.63, 3.8) is 0 Å². The van der Waals surface area contributed by atoms with Crippen LogP contribution in [0.4, 0.5) is 5.95 Å². The van der Waals surface area contributed by atoms with Crippen molar-refractivity contribution in [2.75, 3.05) is 31.6 Å². The van der Waals surface area contributed by atoms with Gasteiger partial charge in [0.2, 0.25) is 5.95 Å². The average Bonchev–Trinajstić information content (AvgIpc) is 3.06. The van der Waals surface area contributed by atoms with Crippen LogP contribution in [0.3, 0.4) is 0 Å². The molecule has 0 aliphatic heterocycles. The molecule has 0 radical (unpaired) electrons. The molecule has 0 amide bonds. The Balaban J connectivity index is 1.82. The van der Waals surface area contributed by atoms with Crippen LogP contribution in [-0.4, -0.2) is 40.7 Å². The van der Waals surface area contributed by atoms with E-state index in [1.165, 1.54) is 5.52 Å². The predicted octanol–water partition coefficient (Wildman–Crippen LogP) is 4.39. The van der Waals surface area contributed by atoms with Crippen LogP contribution < -0.4 is 10.1 Å². The number of para-hydroxylation sites is 3. The van der Waals surface area contributed by atoms with Gasteiger partial charge in [0, 0.05) is 25.2 Å². The van der Waals surface area contributed by atoms with Gasteiger partial charge in [-0.05, 0) is 38.2 Å². The Labute approximate surface area is 162 Å². The highest BCUT2D eigenvalue weighted by Gasteiger charge is 2.12. The van der Waals surface area contributed by atoms with Gasteiger partial charge in [-0.3, -0.25) is 0 Å². The van der Waals surface area contributed by atoms with Gasteiger partial charge in [0.05, 0.1) is 17.6 Å². The first-order valence-electron chi connectivity index (χ1n) is 9.89. The van der Waals surface area contributed by atoms with E-state index in [0.717, 1.165) is 49.0 Å². The summed E-state index contributed by atoms with van der Waals surface area (Å²) in [5.74, 6) is 1.84. The van der Waals surface area contributed by atoms with E-state index >= 15 is 0 Å². The molecule has 0 aliphatic carbocycles. The fourth-order valence-electron chi connectivity index (χ4n) is 3.34. The molecule has 1 aromatic heterocycles. The molecule has 144 valence electrons. The molecular weight excluding hydrogens is 336 g/mol. The van der Waals surface area contributed by atoms with Crippen molar-refractivity contribution in [3.05, 3.63) is 54.1 Å². The van der Waals surface area contributed by atoms with Crippen LogP contribution in [0, 0.1) is 0 Å². The zero-order chi connectivity index (χ0) is 19.1. The van der Waals surface area contributed by atoms with Crippen molar-refractivity contribution < 1.29 is 4.74 Å². The molecule has 0 atom stereocenters. The van der Waals surface area contributed by atoms with E-state index in [4.69, 9.17) is 9.72 Å². The smallest absolute Gasteiger partial charge is 0.204 e. The molecule has 0 unspecified atom stereocenters. The number of hydrogen-bond donors (Lipinski definition) is 1. The van der Waals surface area contributed by atoms with Gasteiger partial charge in [0.25, 0.3) is 0 Å². The quantitative estimate of drug-likeness (QED) is 0.578. The maximum Gasteiger partial charge on any atom is 0.204 e. The molecule has 0 bridgehead atoms. The third kappa shape index (κ3) is 4.61. The molecular formula is C22H30N4O. The summed E-state index contributed by atoms with van der Waals surface area (Å²) in [7, 11) is 0. The molecule has 3 rings (SSSR count). The van der Waals surface area contributed by atoms with Crippen LogP contribution in [0.1, 0.15) is 26.3 Å². The molecule has 0 spiro atoms. The number of rotatable bonds is 10. The number of nitrogens with one attached hydrogen (secondary N) is 1. The Morgan fingerprint density at radius 3 is 2.52 bits per heavy atom. The van der Waals surface area contributed by atoms with Crippen LogP contribution >= 0.6 is 0 Å². The molecule has 2 aromatic carbocycles. The molecule has 3 aromatic rings. The molecule has 5 heteroatoms. The molecule has 1 N–H and O–H groups in total. The van der Waals surface area contributed by atoms with Crippen molar-refractivity contribution >= 4 is 17.0 Å². The van der Waals surface area contributed by atoms with Gasteiger partial charge in [0.1, 0.15) is 5.75 Å². The second kappa shape index (κ2) is 9.42. The lowest BCUT2D eigenvalue weighted by atomic mass is 10.2. The molecule has 0 aliphatic rings. The van der Waals surface area contributed by atoms with Crippen LogP contribution in [0.25, 0.3) is 11.0 Å². The molecule has 27 heavy (non-hydrogen) atoms. The van der Waals surface area contributed by atoms with Gasteiger partial charge in [-0.15, -0.1) is 0 Å². The highest BCUT2D eigenvalue weighted by atomic mass is 16.5. The van der Waals surface area contributed by atoms with E-state index in [-0.39, 0.29) is 0 Å². The minimum atomic E-state index is 0.666.